The zero-order valence-corrected chi connectivity index (χ0v) is 14.6. The maximum atomic E-state index is 5.98. The number of ether oxygens (including phenoxy) is 1. The summed E-state index contributed by atoms with van der Waals surface area (Å²) in [5, 5.41) is 0.447. The molecule has 1 aliphatic heterocycles. The lowest BCUT2D eigenvalue weighted by atomic mass is 10.1. The van der Waals surface area contributed by atoms with Crippen LogP contribution in [-0.4, -0.2) is 16.5 Å². The van der Waals surface area contributed by atoms with Crippen LogP contribution >= 0.6 is 11.6 Å². The lowest BCUT2D eigenvalue weighted by Crippen LogP contribution is -2.28. The van der Waals surface area contributed by atoms with Crippen LogP contribution < -0.4 is 4.74 Å². The Morgan fingerprint density at radius 1 is 0.880 bits per heavy atom. The summed E-state index contributed by atoms with van der Waals surface area (Å²) in [6, 6.07) is 24.7. The van der Waals surface area contributed by atoms with Crippen LogP contribution in [0.3, 0.4) is 0 Å². The Balaban J connectivity index is 1.55. The fourth-order valence-corrected chi connectivity index (χ4v) is 3.46. The lowest BCUT2D eigenvalue weighted by molar-refractivity contribution is 0.131. The summed E-state index contributed by atoms with van der Waals surface area (Å²) in [6.45, 7) is 2.40. The Labute approximate surface area is 152 Å². The van der Waals surface area contributed by atoms with Crippen molar-refractivity contribution in [1.82, 2.24) is 9.88 Å². The third-order valence-electron chi connectivity index (χ3n) is 4.57. The van der Waals surface area contributed by atoms with E-state index < -0.39 is 0 Å². The average Bonchev–Trinajstić information content (AvgIpc) is 3.07. The van der Waals surface area contributed by atoms with E-state index in [0.29, 0.717) is 17.6 Å². The van der Waals surface area contributed by atoms with Crippen LogP contribution in [0.15, 0.2) is 72.8 Å². The van der Waals surface area contributed by atoms with E-state index in [1.54, 1.807) is 6.07 Å². The Morgan fingerprint density at radius 3 is 2.24 bits per heavy atom. The van der Waals surface area contributed by atoms with Crippen molar-refractivity contribution in [3.63, 3.8) is 0 Å². The van der Waals surface area contributed by atoms with E-state index in [1.807, 2.05) is 18.2 Å². The van der Waals surface area contributed by atoms with Crippen molar-refractivity contribution in [1.29, 1.82) is 0 Å². The third kappa shape index (κ3) is 3.68. The molecule has 3 nitrogen and oxygen atoms in total. The first-order valence-corrected chi connectivity index (χ1v) is 8.78. The van der Waals surface area contributed by atoms with Gasteiger partial charge in [-0.05, 0) is 22.8 Å². The smallest absolute Gasteiger partial charge is 0.214 e. The summed E-state index contributed by atoms with van der Waals surface area (Å²) in [5.74, 6) is 0.560. The van der Waals surface area contributed by atoms with Gasteiger partial charge in [-0.1, -0.05) is 72.3 Å². The molecule has 1 aromatic heterocycles. The Kier molecular flexibility index (Phi) is 4.68. The number of benzene rings is 2. The number of halogens is 1. The van der Waals surface area contributed by atoms with Crippen molar-refractivity contribution in [3.8, 4) is 5.88 Å². The SMILES string of the molecule is Clc1cccc(OC[C@@H](c2ccccc2)N2Cc3ccccc3C2)n1. The van der Waals surface area contributed by atoms with Crippen molar-refractivity contribution < 1.29 is 4.74 Å². The van der Waals surface area contributed by atoms with Gasteiger partial charge in [0.15, 0.2) is 0 Å². The van der Waals surface area contributed by atoms with Gasteiger partial charge in [-0.3, -0.25) is 4.90 Å². The van der Waals surface area contributed by atoms with Gasteiger partial charge >= 0.3 is 0 Å². The van der Waals surface area contributed by atoms with E-state index >= 15 is 0 Å². The Morgan fingerprint density at radius 2 is 1.56 bits per heavy atom. The first-order valence-electron chi connectivity index (χ1n) is 8.41. The average molecular weight is 351 g/mol. The maximum Gasteiger partial charge on any atom is 0.214 e. The van der Waals surface area contributed by atoms with Crippen LogP contribution in [0, 0.1) is 0 Å². The molecule has 4 rings (SSSR count). The molecule has 1 atom stereocenters. The highest BCUT2D eigenvalue weighted by atomic mass is 35.5. The van der Waals surface area contributed by atoms with Gasteiger partial charge in [0.1, 0.15) is 11.8 Å². The highest BCUT2D eigenvalue weighted by Gasteiger charge is 2.27. The summed E-state index contributed by atoms with van der Waals surface area (Å²) in [5.41, 5.74) is 4.03. The standard InChI is InChI=1S/C21H19ClN2O/c22-20-11-6-12-21(23-20)25-15-19(16-7-2-1-3-8-16)24-13-17-9-4-5-10-18(17)14-24/h1-12,19H,13-15H2/t19-/m0/s1. The molecule has 4 heteroatoms. The molecule has 3 aromatic rings. The summed E-state index contributed by atoms with van der Waals surface area (Å²) in [4.78, 5) is 6.68. The maximum absolute atomic E-state index is 5.98. The monoisotopic (exact) mass is 350 g/mol. The number of hydrogen-bond acceptors (Lipinski definition) is 3. The number of hydrogen-bond donors (Lipinski definition) is 0. The number of rotatable bonds is 5. The van der Waals surface area contributed by atoms with Gasteiger partial charge in [-0.25, -0.2) is 4.98 Å². The second-order valence-electron chi connectivity index (χ2n) is 6.21. The number of pyridine rings is 1. The number of nitrogens with zero attached hydrogens (tertiary/aromatic N) is 2. The minimum atomic E-state index is 0.161. The van der Waals surface area contributed by atoms with E-state index in [9.17, 15) is 0 Å². The molecule has 0 saturated carbocycles. The highest BCUT2D eigenvalue weighted by Crippen LogP contribution is 2.31. The molecule has 2 aromatic carbocycles. The van der Waals surface area contributed by atoms with E-state index in [4.69, 9.17) is 16.3 Å². The highest BCUT2D eigenvalue weighted by molar-refractivity contribution is 6.29. The molecular formula is C21H19ClN2O. The second kappa shape index (κ2) is 7.26. The molecule has 0 bridgehead atoms. The zero-order chi connectivity index (χ0) is 17.1. The minimum absolute atomic E-state index is 0.161. The van der Waals surface area contributed by atoms with Gasteiger partial charge in [-0.15, -0.1) is 0 Å². The van der Waals surface area contributed by atoms with E-state index in [-0.39, 0.29) is 6.04 Å². The van der Waals surface area contributed by atoms with Gasteiger partial charge in [0.2, 0.25) is 5.88 Å². The fraction of sp³-hybridized carbons (Fsp3) is 0.190. The topological polar surface area (TPSA) is 25.4 Å². The van der Waals surface area contributed by atoms with Crippen LogP contribution in [0.5, 0.6) is 5.88 Å². The van der Waals surface area contributed by atoms with Gasteiger partial charge in [0.25, 0.3) is 0 Å². The van der Waals surface area contributed by atoms with Gasteiger partial charge in [0, 0.05) is 19.2 Å². The van der Waals surface area contributed by atoms with E-state index in [1.165, 1.54) is 16.7 Å². The number of fused-ring (bicyclic) bond motifs is 1. The van der Waals surface area contributed by atoms with Crippen LogP contribution in [0.4, 0.5) is 0 Å². The van der Waals surface area contributed by atoms with Crippen LogP contribution in [0.25, 0.3) is 0 Å². The summed E-state index contributed by atoms with van der Waals surface area (Å²) < 4.78 is 5.98. The van der Waals surface area contributed by atoms with Gasteiger partial charge in [0.05, 0.1) is 6.04 Å². The molecule has 1 aliphatic rings. The molecule has 0 amide bonds. The number of aromatic nitrogens is 1. The lowest BCUT2D eigenvalue weighted by Gasteiger charge is -2.27. The molecule has 0 radical (unpaired) electrons. The first-order chi connectivity index (χ1) is 12.3. The van der Waals surface area contributed by atoms with E-state index in [0.717, 1.165) is 13.1 Å². The van der Waals surface area contributed by atoms with Crippen molar-refractivity contribution in [2.24, 2.45) is 0 Å². The van der Waals surface area contributed by atoms with Crippen molar-refractivity contribution >= 4 is 11.6 Å². The minimum Gasteiger partial charge on any atom is -0.476 e. The second-order valence-corrected chi connectivity index (χ2v) is 6.60. The summed E-state index contributed by atoms with van der Waals surface area (Å²) >= 11 is 5.96. The predicted molar refractivity (Wildman–Crippen MR) is 99.6 cm³/mol. The molecule has 0 N–H and O–H groups in total. The molecule has 0 unspecified atom stereocenters. The van der Waals surface area contributed by atoms with Gasteiger partial charge < -0.3 is 4.74 Å². The van der Waals surface area contributed by atoms with Crippen molar-refractivity contribution in [3.05, 3.63) is 94.6 Å². The van der Waals surface area contributed by atoms with Crippen LogP contribution in [0.1, 0.15) is 22.7 Å². The zero-order valence-electron chi connectivity index (χ0n) is 13.8. The van der Waals surface area contributed by atoms with Crippen LogP contribution in [0.2, 0.25) is 5.15 Å². The predicted octanol–water partition coefficient (Wildman–Crippen LogP) is 4.87. The first kappa shape index (κ1) is 16.1. The van der Waals surface area contributed by atoms with Crippen LogP contribution in [-0.2, 0) is 13.1 Å². The van der Waals surface area contributed by atoms with Crippen molar-refractivity contribution in [2.75, 3.05) is 6.61 Å². The molecule has 126 valence electrons. The van der Waals surface area contributed by atoms with Crippen molar-refractivity contribution in [2.45, 2.75) is 19.1 Å². The molecule has 0 saturated heterocycles. The molecule has 0 aliphatic carbocycles. The molecule has 0 fully saturated rings. The van der Waals surface area contributed by atoms with E-state index in [2.05, 4.69) is 58.4 Å². The molecule has 0 spiro atoms. The molecular weight excluding hydrogens is 332 g/mol. The quantitative estimate of drug-likeness (QED) is 0.614. The normalized spacial score (nSPS) is 14.9. The fourth-order valence-electron chi connectivity index (χ4n) is 3.30. The molecule has 2 heterocycles. The molecule has 25 heavy (non-hydrogen) atoms. The Bertz CT molecular complexity index is 828. The third-order valence-corrected chi connectivity index (χ3v) is 4.78. The largest absolute Gasteiger partial charge is 0.476 e. The Hall–Kier alpha value is -2.36. The summed E-state index contributed by atoms with van der Waals surface area (Å²) in [7, 11) is 0. The van der Waals surface area contributed by atoms with Gasteiger partial charge in [-0.2, -0.15) is 0 Å². The summed E-state index contributed by atoms with van der Waals surface area (Å²) in [6.07, 6.45) is 0.